The van der Waals surface area contributed by atoms with E-state index in [4.69, 9.17) is 0 Å². The minimum Gasteiger partial charge on any atom is -0.342 e. The van der Waals surface area contributed by atoms with Gasteiger partial charge in [0.2, 0.25) is 0 Å². The molecule has 2 nitrogen and oxygen atoms in total. The van der Waals surface area contributed by atoms with E-state index in [9.17, 15) is 26.3 Å². The highest BCUT2D eigenvalue weighted by Crippen LogP contribution is 2.41. The molecule has 0 aliphatic rings. The normalized spacial score (nSPS) is 13.2. The zero-order valence-electron chi connectivity index (χ0n) is 9.58. The molecule has 19 heavy (non-hydrogen) atoms. The van der Waals surface area contributed by atoms with Crippen molar-refractivity contribution in [2.75, 3.05) is 0 Å². The molecular formula is C11H8F6N2. The molecule has 0 aliphatic carbocycles. The Morgan fingerprint density at radius 2 is 1.53 bits per heavy atom. The average Bonchev–Trinajstić information content (AvgIpc) is 2.66. The molecule has 0 atom stereocenters. The van der Waals surface area contributed by atoms with Gasteiger partial charge in [0.05, 0.1) is 22.2 Å². The van der Waals surface area contributed by atoms with Gasteiger partial charge in [-0.1, -0.05) is 6.92 Å². The molecule has 2 aromatic rings. The van der Waals surface area contributed by atoms with E-state index >= 15 is 0 Å². The number of fused-ring (bicyclic) bond motifs is 1. The van der Waals surface area contributed by atoms with E-state index in [2.05, 4.69) is 9.97 Å². The lowest BCUT2D eigenvalue weighted by Gasteiger charge is -2.15. The Bertz CT molecular complexity index is 557. The van der Waals surface area contributed by atoms with Gasteiger partial charge < -0.3 is 4.98 Å². The fourth-order valence-electron chi connectivity index (χ4n) is 1.75. The van der Waals surface area contributed by atoms with Crippen molar-refractivity contribution in [1.29, 1.82) is 0 Å². The van der Waals surface area contributed by atoms with Crippen LogP contribution in [0.1, 0.15) is 23.9 Å². The molecule has 0 saturated heterocycles. The molecule has 8 heteroatoms. The van der Waals surface area contributed by atoms with Crippen LogP contribution in [0.25, 0.3) is 11.0 Å². The first kappa shape index (κ1) is 13.7. The highest BCUT2D eigenvalue weighted by atomic mass is 19.4. The molecule has 0 aliphatic heterocycles. The number of hydrogen-bond acceptors (Lipinski definition) is 1. The maximum atomic E-state index is 12.7. The lowest BCUT2D eigenvalue weighted by atomic mass is 10.1. The van der Waals surface area contributed by atoms with Crippen molar-refractivity contribution >= 4 is 11.0 Å². The molecule has 1 heterocycles. The van der Waals surface area contributed by atoms with Crippen molar-refractivity contribution in [2.24, 2.45) is 0 Å². The second-order valence-electron chi connectivity index (χ2n) is 3.95. The van der Waals surface area contributed by atoms with Crippen LogP contribution in [0.15, 0.2) is 12.1 Å². The molecule has 2 rings (SSSR count). The van der Waals surface area contributed by atoms with Gasteiger partial charge in [-0.25, -0.2) is 4.98 Å². The van der Waals surface area contributed by atoms with Gasteiger partial charge in [0.25, 0.3) is 0 Å². The SMILES string of the molecule is CCc1nc2cc(C(F)(F)F)c(C(F)(F)F)cc2[nH]1. The third-order valence-electron chi connectivity index (χ3n) is 2.62. The number of alkyl halides is 6. The highest BCUT2D eigenvalue weighted by Gasteiger charge is 2.43. The van der Waals surface area contributed by atoms with Gasteiger partial charge in [0, 0.05) is 6.42 Å². The van der Waals surface area contributed by atoms with Crippen molar-refractivity contribution in [3.63, 3.8) is 0 Å². The number of halogens is 6. The Morgan fingerprint density at radius 3 is 2.00 bits per heavy atom. The first-order valence-electron chi connectivity index (χ1n) is 5.30. The molecular weight excluding hydrogens is 274 g/mol. The Hall–Kier alpha value is -1.73. The van der Waals surface area contributed by atoms with E-state index < -0.39 is 23.5 Å². The van der Waals surface area contributed by atoms with Crippen LogP contribution in [0, 0.1) is 0 Å². The number of hydrogen-bond donors (Lipinski definition) is 1. The van der Waals surface area contributed by atoms with Crippen molar-refractivity contribution in [1.82, 2.24) is 9.97 Å². The minimum atomic E-state index is -5.08. The summed E-state index contributed by atoms with van der Waals surface area (Å²) >= 11 is 0. The van der Waals surface area contributed by atoms with E-state index in [1.165, 1.54) is 0 Å². The maximum Gasteiger partial charge on any atom is 0.417 e. The summed E-state index contributed by atoms with van der Waals surface area (Å²) in [5, 5.41) is 0. The monoisotopic (exact) mass is 282 g/mol. The predicted molar refractivity (Wildman–Crippen MR) is 55.5 cm³/mol. The Balaban J connectivity index is 2.76. The van der Waals surface area contributed by atoms with Crippen molar-refractivity contribution in [2.45, 2.75) is 25.7 Å². The predicted octanol–water partition coefficient (Wildman–Crippen LogP) is 4.16. The van der Waals surface area contributed by atoms with Crippen LogP contribution >= 0.6 is 0 Å². The van der Waals surface area contributed by atoms with Crippen LogP contribution in [0.5, 0.6) is 0 Å². The van der Waals surface area contributed by atoms with Crippen molar-refractivity contribution < 1.29 is 26.3 Å². The summed E-state index contributed by atoms with van der Waals surface area (Å²) in [5.74, 6) is 0.336. The molecule has 0 bridgehead atoms. The molecule has 104 valence electrons. The topological polar surface area (TPSA) is 28.7 Å². The van der Waals surface area contributed by atoms with E-state index in [-0.39, 0.29) is 11.0 Å². The highest BCUT2D eigenvalue weighted by molar-refractivity contribution is 5.77. The van der Waals surface area contributed by atoms with Crippen LogP contribution in [0.4, 0.5) is 26.3 Å². The Labute approximate surface area is 103 Å². The van der Waals surface area contributed by atoms with Gasteiger partial charge in [-0.15, -0.1) is 0 Å². The van der Waals surface area contributed by atoms with Crippen molar-refractivity contribution in [3.8, 4) is 0 Å². The van der Waals surface area contributed by atoms with Gasteiger partial charge in [-0.05, 0) is 12.1 Å². The molecule has 1 N–H and O–H groups in total. The number of aromatic nitrogens is 2. The molecule has 0 radical (unpaired) electrons. The molecule has 0 saturated carbocycles. The molecule has 1 aromatic heterocycles. The lowest BCUT2D eigenvalue weighted by Crippen LogP contribution is -2.16. The third-order valence-corrected chi connectivity index (χ3v) is 2.62. The maximum absolute atomic E-state index is 12.7. The van der Waals surface area contributed by atoms with Crippen LogP contribution in [0.3, 0.4) is 0 Å². The summed E-state index contributed by atoms with van der Waals surface area (Å²) in [4.78, 5) is 6.36. The van der Waals surface area contributed by atoms with E-state index in [0.717, 1.165) is 0 Å². The van der Waals surface area contributed by atoms with Crippen LogP contribution in [-0.2, 0) is 18.8 Å². The fraction of sp³-hybridized carbons (Fsp3) is 0.364. The van der Waals surface area contributed by atoms with Crippen LogP contribution in [-0.4, -0.2) is 9.97 Å². The van der Waals surface area contributed by atoms with E-state index in [1.54, 1.807) is 6.92 Å². The molecule has 1 aromatic carbocycles. The standard InChI is InChI=1S/C11H8F6N2/c1-2-9-18-7-3-5(10(12,13)14)6(11(15,16)17)4-8(7)19-9/h3-4H,2H2,1H3,(H,18,19). The number of rotatable bonds is 1. The minimum absolute atomic E-state index is 0.0582. The number of imidazole rings is 1. The number of aromatic amines is 1. The summed E-state index contributed by atoms with van der Waals surface area (Å²) in [6.07, 6.45) is -9.77. The number of benzene rings is 1. The van der Waals surface area contributed by atoms with Crippen molar-refractivity contribution in [3.05, 3.63) is 29.1 Å². The van der Waals surface area contributed by atoms with Gasteiger partial charge >= 0.3 is 12.4 Å². The fourth-order valence-corrected chi connectivity index (χ4v) is 1.75. The second-order valence-corrected chi connectivity index (χ2v) is 3.95. The smallest absolute Gasteiger partial charge is 0.342 e. The van der Waals surface area contributed by atoms with Crippen LogP contribution in [0.2, 0.25) is 0 Å². The van der Waals surface area contributed by atoms with Gasteiger partial charge in [-0.2, -0.15) is 26.3 Å². The van der Waals surface area contributed by atoms with Gasteiger partial charge in [-0.3, -0.25) is 0 Å². The summed E-state index contributed by atoms with van der Waals surface area (Å²) in [5.41, 5.74) is -3.62. The van der Waals surface area contributed by atoms with E-state index in [0.29, 0.717) is 24.4 Å². The quantitative estimate of drug-likeness (QED) is 0.781. The lowest BCUT2D eigenvalue weighted by molar-refractivity contribution is -0.161. The molecule has 0 fully saturated rings. The van der Waals surface area contributed by atoms with Crippen LogP contribution < -0.4 is 0 Å². The van der Waals surface area contributed by atoms with Gasteiger partial charge in [0.15, 0.2) is 0 Å². The Morgan fingerprint density at radius 1 is 1.00 bits per heavy atom. The molecule has 0 spiro atoms. The van der Waals surface area contributed by atoms with Gasteiger partial charge in [0.1, 0.15) is 5.82 Å². The average molecular weight is 282 g/mol. The largest absolute Gasteiger partial charge is 0.417 e. The van der Waals surface area contributed by atoms with E-state index in [1.807, 2.05) is 0 Å². The number of nitrogens with zero attached hydrogens (tertiary/aromatic N) is 1. The Kier molecular flexibility index (Phi) is 2.98. The second kappa shape index (κ2) is 4.14. The number of aryl methyl sites for hydroxylation is 1. The first-order valence-corrected chi connectivity index (χ1v) is 5.30. The number of H-pyrrole nitrogens is 1. The zero-order chi connectivity index (χ0) is 14.4. The summed E-state index contributed by atoms with van der Waals surface area (Å²) in [6, 6.07) is 0.873. The molecule has 0 unspecified atom stereocenters. The zero-order valence-corrected chi connectivity index (χ0v) is 9.58. The summed E-state index contributed by atoms with van der Waals surface area (Å²) in [6.45, 7) is 1.69. The summed E-state index contributed by atoms with van der Waals surface area (Å²) in [7, 11) is 0. The third kappa shape index (κ3) is 2.52. The number of nitrogens with one attached hydrogen (secondary N) is 1. The molecule has 0 amide bonds. The summed E-state index contributed by atoms with van der Waals surface area (Å²) < 4.78 is 76.0. The first-order chi connectivity index (χ1) is 8.63.